The summed E-state index contributed by atoms with van der Waals surface area (Å²) in [6.07, 6.45) is 9.80. The Morgan fingerprint density at radius 1 is 1.15 bits per heavy atom. The number of hydrogen-bond donors (Lipinski definition) is 1. The number of rotatable bonds is 7. The first-order chi connectivity index (χ1) is 16.5. The number of hydrogen-bond acceptors (Lipinski definition) is 2. The molecular weight excluding hydrogens is 418 g/mol. The first-order valence-corrected chi connectivity index (χ1v) is 13.1. The standard InChI is InChI=1S/C30H41N3O/c1-5-30(6-2)22-32(4)20-19-28(30)33(21-24-13-8-7-9-14-24)29(34)31-23(3)26-18-12-16-25-15-10-11-17-27(25)26/h7-9,11-14,16-18,23,28H,5-6,10,15,19-22H2,1-4H3,(H,31,34)/t23-,28?/m0/s1. The second-order valence-corrected chi connectivity index (χ2v) is 10.3. The van der Waals surface area contributed by atoms with E-state index < -0.39 is 0 Å². The monoisotopic (exact) mass is 459 g/mol. The van der Waals surface area contributed by atoms with Crippen LogP contribution in [0.5, 0.6) is 0 Å². The minimum Gasteiger partial charge on any atom is -0.331 e. The lowest BCUT2D eigenvalue weighted by atomic mass is 9.71. The van der Waals surface area contributed by atoms with E-state index in [-0.39, 0.29) is 23.5 Å². The molecule has 1 unspecified atom stereocenters. The van der Waals surface area contributed by atoms with E-state index in [1.807, 2.05) is 6.07 Å². The van der Waals surface area contributed by atoms with Gasteiger partial charge < -0.3 is 15.1 Å². The third-order valence-corrected chi connectivity index (χ3v) is 8.22. The zero-order valence-electron chi connectivity index (χ0n) is 21.4. The topological polar surface area (TPSA) is 35.6 Å². The Kier molecular flexibility index (Phi) is 7.77. The Bertz CT molecular complexity index is 995. The van der Waals surface area contributed by atoms with Crippen LogP contribution in [0.2, 0.25) is 0 Å². The average Bonchev–Trinajstić information content (AvgIpc) is 2.87. The Hall–Kier alpha value is -2.59. The van der Waals surface area contributed by atoms with Gasteiger partial charge in [0, 0.05) is 24.5 Å². The van der Waals surface area contributed by atoms with Crippen molar-refractivity contribution in [1.82, 2.24) is 15.1 Å². The molecule has 0 bridgehead atoms. The summed E-state index contributed by atoms with van der Waals surface area (Å²) >= 11 is 0. The number of nitrogens with one attached hydrogen (secondary N) is 1. The molecule has 1 aliphatic heterocycles. The Balaban J connectivity index is 1.63. The number of carbonyl (C=O) groups excluding carboxylic acids is 1. The molecule has 1 N–H and O–H groups in total. The molecular formula is C30H41N3O. The second kappa shape index (κ2) is 10.8. The number of urea groups is 1. The van der Waals surface area contributed by atoms with E-state index in [0.29, 0.717) is 6.54 Å². The lowest BCUT2D eigenvalue weighted by Gasteiger charge is -2.51. The van der Waals surface area contributed by atoms with Crippen LogP contribution >= 0.6 is 0 Å². The van der Waals surface area contributed by atoms with Gasteiger partial charge in [0.1, 0.15) is 0 Å². The van der Waals surface area contributed by atoms with Crippen LogP contribution in [0.1, 0.15) is 74.8 Å². The first-order valence-electron chi connectivity index (χ1n) is 13.1. The lowest BCUT2D eigenvalue weighted by molar-refractivity contribution is 0.000374. The highest BCUT2D eigenvalue weighted by Gasteiger charge is 2.44. The van der Waals surface area contributed by atoms with Gasteiger partial charge in [-0.05, 0) is 74.9 Å². The highest BCUT2D eigenvalue weighted by Crippen LogP contribution is 2.40. The van der Waals surface area contributed by atoms with E-state index in [1.54, 1.807) is 0 Å². The van der Waals surface area contributed by atoms with Crippen molar-refractivity contribution in [2.75, 3.05) is 20.1 Å². The molecule has 2 aromatic carbocycles. The van der Waals surface area contributed by atoms with Crippen LogP contribution in [0.15, 0.2) is 54.6 Å². The fourth-order valence-corrected chi connectivity index (χ4v) is 6.12. The van der Waals surface area contributed by atoms with Crippen LogP contribution in [0.25, 0.3) is 6.08 Å². The summed E-state index contributed by atoms with van der Waals surface area (Å²) in [7, 11) is 2.21. The maximum atomic E-state index is 14.0. The van der Waals surface area contributed by atoms with Crippen molar-refractivity contribution in [3.63, 3.8) is 0 Å². The molecule has 0 aromatic heterocycles. The fourth-order valence-electron chi connectivity index (χ4n) is 6.12. The summed E-state index contributed by atoms with van der Waals surface area (Å²) in [5.41, 5.74) is 5.17. The third kappa shape index (κ3) is 5.07. The minimum absolute atomic E-state index is 0.0487. The molecule has 1 fully saturated rings. The first kappa shape index (κ1) is 24.5. The number of aryl methyl sites for hydroxylation is 1. The molecule has 1 aliphatic carbocycles. The smallest absolute Gasteiger partial charge is 0.318 e. The Morgan fingerprint density at radius 3 is 2.65 bits per heavy atom. The molecule has 2 atom stereocenters. The molecule has 182 valence electrons. The number of amides is 2. The number of allylic oxidation sites excluding steroid dienone is 1. The molecule has 1 saturated heterocycles. The van der Waals surface area contributed by atoms with Crippen molar-refractivity contribution in [1.29, 1.82) is 0 Å². The number of carbonyl (C=O) groups is 1. The van der Waals surface area contributed by atoms with E-state index in [1.165, 1.54) is 22.3 Å². The zero-order valence-corrected chi connectivity index (χ0v) is 21.4. The van der Waals surface area contributed by atoms with E-state index in [9.17, 15) is 4.79 Å². The third-order valence-electron chi connectivity index (χ3n) is 8.22. The summed E-state index contributed by atoms with van der Waals surface area (Å²) in [5, 5.41) is 3.40. The van der Waals surface area contributed by atoms with Crippen molar-refractivity contribution >= 4 is 12.1 Å². The molecule has 4 heteroatoms. The van der Waals surface area contributed by atoms with Crippen molar-refractivity contribution < 1.29 is 4.79 Å². The maximum Gasteiger partial charge on any atom is 0.318 e. The predicted octanol–water partition coefficient (Wildman–Crippen LogP) is 6.43. The van der Waals surface area contributed by atoms with Gasteiger partial charge in [0.25, 0.3) is 0 Å². The van der Waals surface area contributed by atoms with Crippen molar-refractivity contribution in [3.05, 3.63) is 76.9 Å². The summed E-state index contributed by atoms with van der Waals surface area (Å²) in [4.78, 5) is 18.6. The van der Waals surface area contributed by atoms with Gasteiger partial charge in [-0.3, -0.25) is 0 Å². The number of likely N-dealkylation sites (tertiary alicyclic amines) is 1. The highest BCUT2D eigenvalue weighted by molar-refractivity contribution is 5.76. The molecule has 0 radical (unpaired) electrons. The van der Waals surface area contributed by atoms with Gasteiger partial charge in [0.2, 0.25) is 0 Å². The molecule has 2 aliphatic rings. The molecule has 34 heavy (non-hydrogen) atoms. The average molecular weight is 460 g/mol. The zero-order chi connectivity index (χ0) is 24.1. The predicted molar refractivity (Wildman–Crippen MR) is 142 cm³/mol. The summed E-state index contributed by atoms with van der Waals surface area (Å²) in [6.45, 7) is 9.41. The molecule has 1 heterocycles. The van der Waals surface area contributed by atoms with Gasteiger partial charge in [-0.25, -0.2) is 4.79 Å². The molecule has 4 nitrogen and oxygen atoms in total. The highest BCUT2D eigenvalue weighted by atomic mass is 16.2. The van der Waals surface area contributed by atoms with Crippen LogP contribution in [-0.4, -0.2) is 42.0 Å². The summed E-state index contributed by atoms with van der Waals surface area (Å²) in [6, 6.07) is 17.2. The molecule has 0 saturated carbocycles. The van der Waals surface area contributed by atoms with Crippen LogP contribution in [0.3, 0.4) is 0 Å². The van der Waals surface area contributed by atoms with Crippen molar-refractivity contribution in [3.8, 4) is 0 Å². The van der Waals surface area contributed by atoms with Crippen LogP contribution in [-0.2, 0) is 13.0 Å². The van der Waals surface area contributed by atoms with E-state index >= 15 is 0 Å². The minimum atomic E-state index is -0.0487. The van der Waals surface area contributed by atoms with E-state index in [4.69, 9.17) is 0 Å². The molecule has 2 aromatic rings. The largest absolute Gasteiger partial charge is 0.331 e. The van der Waals surface area contributed by atoms with Gasteiger partial charge in [-0.15, -0.1) is 0 Å². The molecule has 0 spiro atoms. The van der Waals surface area contributed by atoms with Gasteiger partial charge in [-0.1, -0.05) is 74.5 Å². The van der Waals surface area contributed by atoms with Crippen LogP contribution in [0.4, 0.5) is 4.79 Å². The van der Waals surface area contributed by atoms with Crippen LogP contribution in [0, 0.1) is 5.41 Å². The van der Waals surface area contributed by atoms with Gasteiger partial charge in [0.15, 0.2) is 0 Å². The number of fused-ring (bicyclic) bond motifs is 1. The number of nitrogens with zero attached hydrogens (tertiary/aromatic N) is 2. The van der Waals surface area contributed by atoms with Crippen molar-refractivity contribution in [2.45, 2.75) is 71.5 Å². The fraction of sp³-hybridized carbons (Fsp3) is 0.500. The Morgan fingerprint density at radius 2 is 1.91 bits per heavy atom. The maximum absolute atomic E-state index is 14.0. The van der Waals surface area contributed by atoms with Gasteiger partial charge in [0.05, 0.1) is 6.04 Å². The number of piperidine rings is 1. The van der Waals surface area contributed by atoms with Crippen LogP contribution < -0.4 is 5.32 Å². The normalized spacial score (nSPS) is 20.4. The quantitative estimate of drug-likeness (QED) is 0.518. The molecule has 4 rings (SSSR count). The van der Waals surface area contributed by atoms with Gasteiger partial charge >= 0.3 is 6.03 Å². The summed E-state index contributed by atoms with van der Waals surface area (Å²) in [5.74, 6) is 0. The summed E-state index contributed by atoms with van der Waals surface area (Å²) < 4.78 is 0. The lowest BCUT2D eigenvalue weighted by Crippen LogP contribution is -2.59. The second-order valence-electron chi connectivity index (χ2n) is 10.3. The number of benzene rings is 2. The molecule has 2 amide bonds. The van der Waals surface area contributed by atoms with Gasteiger partial charge in [-0.2, -0.15) is 0 Å². The van der Waals surface area contributed by atoms with Crippen molar-refractivity contribution in [2.24, 2.45) is 5.41 Å². The SMILES string of the molecule is CCC1(CC)CN(C)CCC1N(Cc1ccccc1)C(=O)N[C@@H](C)c1cccc2c1C=CCC2. The Labute approximate surface area is 206 Å². The van der Waals surface area contributed by atoms with E-state index in [2.05, 4.69) is 97.6 Å². The van der Waals surface area contributed by atoms with E-state index in [0.717, 1.165) is 45.2 Å².